The minimum Gasteiger partial charge on any atom is -0.494 e. The highest BCUT2D eigenvalue weighted by molar-refractivity contribution is 6.01. The van der Waals surface area contributed by atoms with Crippen molar-refractivity contribution in [3.05, 3.63) is 42.5 Å². The zero-order valence-corrected chi connectivity index (χ0v) is 15.5. The van der Waals surface area contributed by atoms with Gasteiger partial charge in [-0.25, -0.2) is 0 Å². The molecule has 0 spiro atoms. The summed E-state index contributed by atoms with van der Waals surface area (Å²) in [5.74, 6) is 0.847. The topological polar surface area (TPSA) is 69.3 Å². The smallest absolute Gasteiger partial charge is 0.224 e. The van der Waals surface area contributed by atoms with Crippen molar-refractivity contribution in [2.24, 2.45) is 0 Å². The fourth-order valence-electron chi connectivity index (χ4n) is 3.21. The Bertz CT molecular complexity index is 927. The summed E-state index contributed by atoms with van der Waals surface area (Å²) in [6.07, 6.45) is 0.459. The minimum atomic E-state index is 0.00314. The Morgan fingerprint density at radius 1 is 1.12 bits per heavy atom. The minimum absolute atomic E-state index is 0.00314. The molecule has 0 radical (unpaired) electrons. The van der Waals surface area contributed by atoms with Crippen molar-refractivity contribution < 1.29 is 9.53 Å². The third-order valence-electron chi connectivity index (χ3n) is 4.47. The van der Waals surface area contributed by atoms with Gasteiger partial charge < -0.3 is 20.4 Å². The molecule has 3 N–H and O–H groups in total. The summed E-state index contributed by atoms with van der Waals surface area (Å²) < 4.78 is 7.84. The van der Waals surface area contributed by atoms with Gasteiger partial charge >= 0.3 is 0 Å². The number of ether oxygens (including phenoxy) is 1. The number of carbonyl (C=O) groups is 1. The van der Waals surface area contributed by atoms with E-state index < -0.39 is 0 Å². The summed E-state index contributed by atoms with van der Waals surface area (Å²) in [4.78, 5) is 11.5. The number of fused-ring (bicyclic) bond motifs is 1. The lowest BCUT2D eigenvalue weighted by Gasteiger charge is -2.11. The van der Waals surface area contributed by atoms with Gasteiger partial charge in [-0.2, -0.15) is 0 Å². The SMILES string of the molecule is CCOc1ccc2c(N)c(-c3ccc(NC(=O)CC)cc3)n(CC)c2c1. The van der Waals surface area contributed by atoms with Gasteiger partial charge in [-0.3, -0.25) is 4.79 Å². The Balaban J connectivity index is 2.06. The number of aromatic nitrogens is 1. The van der Waals surface area contributed by atoms with E-state index in [9.17, 15) is 4.79 Å². The summed E-state index contributed by atoms with van der Waals surface area (Å²) in [5.41, 5.74) is 11.1. The van der Waals surface area contributed by atoms with Gasteiger partial charge in [0, 0.05) is 35.7 Å². The molecule has 0 unspecified atom stereocenters. The van der Waals surface area contributed by atoms with Crippen LogP contribution in [0.2, 0.25) is 0 Å². The second kappa shape index (κ2) is 7.52. The molecule has 2 aromatic carbocycles. The summed E-state index contributed by atoms with van der Waals surface area (Å²) in [7, 11) is 0. The second-order valence-corrected chi connectivity index (χ2v) is 6.10. The number of benzene rings is 2. The molecule has 3 rings (SSSR count). The maximum Gasteiger partial charge on any atom is 0.224 e. The van der Waals surface area contributed by atoms with Crippen molar-refractivity contribution in [3.8, 4) is 17.0 Å². The van der Waals surface area contributed by atoms with E-state index in [1.807, 2.05) is 56.3 Å². The number of carbonyl (C=O) groups excluding carboxylic acids is 1. The normalized spacial score (nSPS) is 10.9. The van der Waals surface area contributed by atoms with E-state index >= 15 is 0 Å². The number of hydrogen-bond acceptors (Lipinski definition) is 3. The predicted molar refractivity (Wildman–Crippen MR) is 108 cm³/mol. The maximum absolute atomic E-state index is 11.5. The van der Waals surface area contributed by atoms with Gasteiger partial charge in [0.2, 0.25) is 5.91 Å². The van der Waals surface area contributed by atoms with Crippen LogP contribution in [0.5, 0.6) is 5.75 Å². The quantitative estimate of drug-likeness (QED) is 0.679. The molecular formula is C21H25N3O2. The van der Waals surface area contributed by atoms with Crippen molar-refractivity contribution >= 4 is 28.2 Å². The van der Waals surface area contributed by atoms with Gasteiger partial charge in [-0.15, -0.1) is 0 Å². The van der Waals surface area contributed by atoms with Gasteiger partial charge in [-0.05, 0) is 38.1 Å². The first kappa shape index (κ1) is 17.9. The largest absolute Gasteiger partial charge is 0.494 e. The standard InChI is InChI=1S/C21H25N3O2/c1-4-19(25)23-15-9-7-14(8-10-15)21-20(22)17-12-11-16(26-6-3)13-18(17)24(21)5-2/h7-13H,4-6,22H2,1-3H3,(H,23,25). The van der Waals surface area contributed by atoms with Crippen LogP contribution in [-0.4, -0.2) is 17.1 Å². The molecule has 0 bridgehead atoms. The third kappa shape index (κ3) is 3.25. The Morgan fingerprint density at radius 2 is 1.85 bits per heavy atom. The van der Waals surface area contributed by atoms with E-state index in [1.54, 1.807) is 0 Å². The molecule has 0 aliphatic heterocycles. The fourth-order valence-corrected chi connectivity index (χ4v) is 3.21. The van der Waals surface area contributed by atoms with Crippen molar-refractivity contribution in [2.75, 3.05) is 17.7 Å². The van der Waals surface area contributed by atoms with Crippen LogP contribution < -0.4 is 15.8 Å². The fraction of sp³-hybridized carbons (Fsp3) is 0.286. The molecule has 26 heavy (non-hydrogen) atoms. The lowest BCUT2D eigenvalue weighted by Crippen LogP contribution is -2.09. The lowest BCUT2D eigenvalue weighted by molar-refractivity contribution is -0.115. The number of aryl methyl sites for hydroxylation is 1. The first-order valence-electron chi connectivity index (χ1n) is 9.03. The molecule has 136 valence electrons. The van der Waals surface area contributed by atoms with Crippen LogP contribution >= 0.6 is 0 Å². The molecule has 0 saturated heterocycles. The number of nitrogens with two attached hydrogens (primary N) is 1. The highest BCUT2D eigenvalue weighted by Crippen LogP contribution is 2.38. The molecule has 1 amide bonds. The molecule has 1 aromatic heterocycles. The van der Waals surface area contributed by atoms with E-state index in [0.717, 1.165) is 45.8 Å². The molecule has 0 aliphatic rings. The lowest BCUT2D eigenvalue weighted by atomic mass is 10.1. The van der Waals surface area contributed by atoms with Crippen LogP contribution in [0, 0.1) is 0 Å². The van der Waals surface area contributed by atoms with Crippen LogP contribution in [0.25, 0.3) is 22.2 Å². The van der Waals surface area contributed by atoms with E-state index in [1.165, 1.54) is 0 Å². The van der Waals surface area contributed by atoms with Crippen LogP contribution in [0.4, 0.5) is 11.4 Å². The van der Waals surface area contributed by atoms with Gasteiger partial charge in [0.1, 0.15) is 5.75 Å². The number of anilines is 2. The molecule has 0 fully saturated rings. The average molecular weight is 351 g/mol. The molecule has 5 heteroatoms. The highest BCUT2D eigenvalue weighted by Gasteiger charge is 2.16. The van der Waals surface area contributed by atoms with Crippen LogP contribution in [0.15, 0.2) is 42.5 Å². The number of nitrogens with zero attached hydrogens (tertiary/aromatic N) is 1. The molecule has 0 atom stereocenters. The number of nitrogens with one attached hydrogen (secondary N) is 1. The summed E-state index contributed by atoms with van der Waals surface area (Å²) in [6, 6.07) is 13.8. The zero-order valence-electron chi connectivity index (χ0n) is 15.5. The number of amides is 1. The van der Waals surface area contributed by atoms with Gasteiger partial charge in [0.25, 0.3) is 0 Å². The monoisotopic (exact) mass is 351 g/mol. The number of hydrogen-bond donors (Lipinski definition) is 2. The first-order chi connectivity index (χ1) is 12.6. The van der Waals surface area contributed by atoms with E-state index in [2.05, 4.69) is 16.8 Å². The molecule has 5 nitrogen and oxygen atoms in total. The van der Waals surface area contributed by atoms with Gasteiger partial charge in [0.05, 0.1) is 23.5 Å². The zero-order chi connectivity index (χ0) is 18.7. The predicted octanol–water partition coefficient (Wildman–Crippen LogP) is 4.66. The molecule has 1 heterocycles. The van der Waals surface area contributed by atoms with Crippen molar-refractivity contribution in [1.82, 2.24) is 4.57 Å². The first-order valence-corrected chi connectivity index (χ1v) is 9.03. The summed E-state index contributed by atoms with van der Waals surface area (Å²) >= 11 is 0. The Morgan fingerprint density at radius 3 is 2.46 bits per heavy atom. The Hall–Kier alpha value is -2.95. The third-order valence-corrected chi connectivity index (χ3v) is 4.47. The second-order valence-electron chi connectivity index (χ2n) is 6.10. The van der Waals surface area contributed by atoms with Crippen LogP contribution in [0.3, 0.4) is 0 Å². The maximum atomic E-state index is 11.5. The van der Waals surface area contributed by atoms with E-state index in [0.29, 0.717) is 13.0 Å². The molecular weight excluding hydrogens is 326 g/mol. The average Bonchev–Trinajstić information content (AvgIpc) is 2.94. The Kier molecular flexibility index (Phi) is 5.16. The highest BCUT2D eigenvalue weighted by atomic mass is 16.5. The number of rotatable bonds is 6. The molecule has 0 aliphatic carbocycles. The van der Waals surface area contributed by atoms with Crippen molar-refractivity contribution in [1.29, 1.82) is 0 Å². The van der Waals surface area contributed by atoms with E-state index in [-0.39, 0.29) is 5.91 Å². The number of nitrogen functional groups attached to an aromatic ring is 1. The Labute approximate surface area is 153 Å². The summed E-state index contributed by atoms with van der Waals surface area (Å²) in [5, 5.41) is 3.89. The van der Waals surface area contributed by atoms with Crippen molar-refractivity contribution in [2.45, 2.75) is 33.7 Å². The molecule has 0 saturated carbocycles. The van der Waals surface area contributed by atoms with Crippen LogP contribution in [-0.2, 0) is 11.3 Å². The van der Waals surface area contributed by atoms with Crippen LogP contribution in [0.1, 0.15) is 27.2 Å². The molecule has 3 aromatic rings. The summed E-state index contributed by atoms with van der Waals surface area (Å²) in [6.45, 7) is 7.34. The van der Waals surface area contributed by atoms with E-state index in [4.69, 9.17) is 10.5 Å². The van der Waals surface area contributed by atoms with Gasteiger partial charge in [0.15, 0.2) is 0 Å². The van der Waals surface area contributed by atoms with Crippen molar-refractivity contribution in [3.63, 3.8) is 0 Å². The van der Waals surface area contributed by atoms with Gasteiger partial charge in [-0.1, -0.05) is 19.1 Å².